The number of amides is 1. The highest BCUT2D eigenvalue weighted by molar-refractivity contribution is 7.89. The molecule has 4 bridgehead atoms. The SMILES string of the molecule is C[C@H](C(=O)NC12CC3CC(CC(C3)C1)C2)N1CCN(S(=O)(=O)c2cc(F)ccc2F)CC1. The number of nitrogens with one attached hydrogen (secondary N) is 1. The molecule has 0 aromatic heterocycles. The van der Waals surface area contributed by atoms with Crippen LogP contribution in [0.2, 0.25) is 0 Å². The van der Waals surface area contributed by atoms with E-state index in [4.69, 9.17) is 0 Å². The minimum atomic E-state index is -4.13. The van der Waals surface area contributed by atoms with Crippen molar-refractivity contribution < 1.29 is 22.0 Å². The van der Waals surface area contributed by atoms with Gasteiger partial charge in [0, 0.05) is 31.7 Å². The van der Waals surface area contributed by atoms with Crippen LogP contribution in [-0.4, -0.2) is 61.3 Å². The highest BCUT2D eigenvalue weighted by Crippen LogP contribution is 2.55. The molecule has 6 nitrogen and oxygen atoms in total. The van der Waals surface area contributed by atoms with Gasteiger partial charge in [0.25, 0.3) is 0 Å². The Bertz CT molecular complexity index is 972. The second-order valence-electron chi connectivity index (χ2n) is 10.4. The third-order valence-corrected chi connectivity index (χ3v) is 10.1. The van der Waals surface area contributed by atoms with Crippen LogP contribution in [0.3, 0.4) is 0 Å². The molecule has 1 aromatic rings. The zero-order valence-electron chi connectivity index (χ0n) is 18.4. The van der Waals surface area contributed by atoms with E-state index in [0.717, 1.165) is 55.2 Å². The van der Waals surface area contributed by atoms with E-state index < -0.39 is 26.6 Å². The molecule has 1 N–H and O–H groups in total. The standard InChI is InChI=1S/C23H31F2N3O3S/c1-15(22(29)26-23-12-16-8-17(13-23)10-18(9-16)14-23)27-4-6-28(7-5-27)32(30,31)21-11-19(24)2-3-20(21)25/h2-3,11,15-18H,4-10,12-14H2,1H3,(H,26,29)/t15-,16?,17?,18?,23?/m1/s1. The molecule has 4 saturated carbocycles. The normalized spacial score (nSPS) is 33.9. The van der Waals surface area contributed by atoms with E-state index >= 15 is 0 Å². The van der Waals surface area contributed by atoms with E-state index in [1.807, 2.05) is 11.8 Å². The molecular weight excluding hydrogens is 436 g/mol. The van der Waals surface area contributed by atoms with Crippen LogP contribution in [0, 0.1) is 29.4 Å². The van der Waals surface area contributed by atoms with Gasteiger partial charge in [-0.3, -0.25) is 9.69 Å². The second kappa shape index (κ2) is 8.02. The Morgan fingerprint density at radius 1 is 1.03 bits per heavy atom. The van der Waals surface area contributed by atoms with Gasteiger partial charge in [0.15, 0.2) is 0 Å². The fraction of sp³-hybridized carbons (Fsp3) is 0.696. The maximum atomic E-state index is 14.1. The van der Waals surface area contributed by atoms with Gasteiger partial charge in [0.05, 0.1) is 6.04 Å². The molecule has 4 aliphatic carbocycles. The van der Waals surface area contributed by atoms with E-state index in [9.17, 15) is 22.0 Å². The van der Waals surface area contributed by atoms with Gasteiger partial charge in [-0.25, -0.2) is 17.2 Å². The van der Waals surface area contributed by atoms with Gasteiger partial charge in [-0.05, 0) is 81.4 Å². The van der Waals surface area contributed by atoms with Gasteiger partial charge < -0.3 is 5.32 Å². The predicted octanol–water partition coefficient (Wildman–Crippen LogP) is 2.74. The average Bonchev–Trinajstić information content (AvgIpc) is 2.73. The monoisotopic (exact) mass is 467 g/mol. The van der Waals surface area contributed by atoms with Crippen LogP contribution in [0.4, 0.5) is 8.78 Å². The van der Waals surface area contributed by atoms with E-state index in [1.54, 1.807) is 0 Å². The first-order chi connectivity index (χ1) is 15.1. The van der Waals surface area contributed by atoms with Crippen molar-refractivity contribution in [2.75, 3.05) is 26.2 Å². The first-order valence-corrected chi connectivity index (χ1v) is 13.1. The highest BCUT2D eigenvalue weighted by Gasteiger charge is 2.52. The van der Waals surface area contributed by atoms with Crippen LogP contribution in [-0.2, 0) is 14.8 Å². The number of hydrogen-bond donors (Lipinski definition) is 1. The summed E-state index contributed by atoms with van der Waals surface area (Å²) in [6.45, 7) is 2.87. The summed E-state index contributed by atoms with van der Waals surface area (Å²) in [5, 5.41) is 3.40. The molecule has 1 aromatic carbocycles. The second-order valence-corrected chi connectivity index (χ2v) is 12.3. The van der Waals surface area contributed by atoms with Crippen LogP contribution < -0.4 is 5.32 Å². The topological polar surface area (TPSA) is 69.7 Å². The number of rotatable bonds is 5. The molecule has 0 unspecified atom stereocenters. The molecule has 0 spiro atoms. The fourth-order valence-corrected chi connectivity index (χ4v) is 8.44. The number of nitrogens with zero attached hydrogens (tertiary/aromatic N) is 2. The lowest BCUT2D eigenvalue weighted by Gasteiger charge is -2.57. The molecule has 1 atom stereocenters. The third kappa shape index (κ3) is 3.96. The lowest BCUT2D eigenvalue weighted by molar-refractivity contribution is -0.132. The minimum Gasteiger partial charge on any atom is -0.349 e. The molecule has 32 heavy (non-hydrogen) atoms. The molecule has 5 fully saturated rings. The Hall–Kier alpha value is -1.58. The summed E-state index contributed by atoms with van der Waals surface area (Å²) in [5.74, 6) is 0.492. The first-order valence-electron chi connectivity index (χ1n) is 11.7. The molecule has 1 aliphatic heterocycles. The molecule has 5 aliphatic rings. The number of benzene rings is 1. The van der Waals surface area contributed by atoms with Crippen molar-refractivity contribution in [3.63, 3.8) is 0 Å². The molecular formula is C23H31F2N3O3S. The van der Waals surface area contributed by atoms with Gasteiger partial charge in [0.2, 0.25) is 15.9 Å². The molecule has 176 valence electrons. The van der Waals surface area contributed by atoms with Crippen LogP contribution >= 0.6 is 0 Å². The molecule has 1 amide bonds. The first kappa shape index (κ1) is 22.2. The number of sulfonamides is 1. The molecule has 9 heteroatoms. The highest BCUT2D eigenvalue weighted by atomic mass is 32.2. The van der Waals surface area contributed by atoms with Gasteiger partial charge in [-0.2, -0.15) is 4.31 Å². The predicted molar refractivity (Wildman–Crippen MR) is 115 cm³/mol. The molecule has 1 heterocycles. The van der Waals surface area contributed by atoms with Gasteiger partial charge >= 0.3 is 0 Å². The Kier molecular flexibility index (Phi) is 5.57. The van der Waals surface area contributed by atoms with Crippen molar-refractivity contribution in [1.29, 1.82) is 0 Å². The summed E-state index contributed by atoms with van der Waals surface area (Å²) in [6, 6.07) is 2.09. The van der Waals surface area contributed by atoms with E-state index in [2.05, 4.69) is 5.32 Å². The summed E-state index contributed by atoms with van der Waals surface area (Å²) in [5.41, 5.74) is -0.0554. The van der Waals surface area contributed by atoms with E-state index in [-0.39, 0.29) is 30.6 Å². The zero-order chi connectivity index (χ0) is 22.7. The van der Waals surface area contributed by atoms with Crippen molar-refractivity contribution in [3.05, 3.63) is 29.8 Å². The number of hydrogen-bond acceptors (Lipinski definition) is 4. The Morgan fingerprint density at radius 3 is 2.16 bits per heavy atom. The smallest absolute Gasteiger partial charge is 0.246 e. The number of carbonyl (C=O) groups excluding carboxylic acids is 1. The van der Waals surface area contributed by atoms with E-state index in [1.165, 1.54) is 23.6 Å². The lowest BCUT2D eigenvalue weighted by Crippen LogP contribution is -2.63. The summed E-state index contributed by atoms with van der Waals surface area (Å²) in [7, 11) is -4.13. The summed E-state index contributed by atoms with van der Waals surface area (Å²) < 4.78 is 54.3. The quantitative estimate of drug-likeness (QED) is 0.723. The fourth-order valence-electron chi connectivity index (χ4n) is 6.94. The van der Waals surface area contributed by atoms with Crippen molar-refractivity contribution in [1.82, 2.24) is 14.5 Å². The van der Waals surface area contributed by atoms with Crippen molar-refractivity contribution >= 4 is 15.9 Å². The van der Waals surface area contributed by atoms with Gasteiger partial charge in [-0.15, -0.1) is 0 Å². The summed E-state index contributed by atoms with van der Waals surface area (Å²) in [4.78, 5) is 14.5. The zero-order valence-corrected chi connectivity index (χ0v) is 19.2. The largest absolute Gasteiger partial charge is 0.349 e. The number of halogens is 2. The maximum Gasteiger partial charge on any atom is 0.246 e. The number of piperazine rings is 1. The van der Waals surface area contributed by atoms with Crippen LogP contribution in [0.25, 0.3) is 0 Å². The molecule has 0 radical (unpaired) electrons. The van der Waals surface area contributed by atoms with Crippen LogP contribution in [0.1, 0.15) is 45.4 Å². The average molecular weight is 468 g/mol. The maximum absolute atomic E-state index is 14.1. The van der Waals surface area contributed by atoms with Crippen molar-refractivity contribution in [2.24, 2.45) is 17.8 Å². The summed E-state index contributed by atoms with van der Waals surface area (Å²) >= 11 is 0. The molecule has 1 saturated heterocycles. The van der Waals surface area contributed by atoms with Crippen LogP contribution in [0.15, 0.2) is 23.1 Å². The van der Waals surface area contributed by atoms with Crippen molar-refractivity contribution in [2.45, 2.75) is 61.9 Å². The number of carbonyl (C=O) groups is 1. The Labute approximate surface area is 188 Å². The van der Waals surface area contributed by atoms with Gasteiger partial charge in [-0.1, -0.05) is 0 Å². The Balaban J connectivity index is 1.21. The van der Waals surface area contributed by atoms with Gasteiger partial charge in [0.1, 0.15) is 16.5 Å². The van der Waals surface area contributed by atoms with E-state index in [0.29, 0.717) is 13.1 Å². The lowest BCUT2D eigenvalue weighted by atomic mass is 9.53. The van der Waals surface area contributed by atoms with Crippen molar-refractivity contribution in [3.8, 4) is 0 Å². The Morgan fingerprint density at radius 2 is 1.59 bits per heavy atom. The molecule has 6 rings (SSSR count). The third-order valence-electron chi connectivity index (χ3n) is 8.14. The summed E-state index contributed by atoms with van der Waals surface area (Å²) in [6.07, 6.45) is 7.20. The van der Waals surface area contributed by atoms with Crippen LogP contribution in [0.5, 0.6) is 0 Å². The minimum absolute atomic E-state index is 0.0134.